The van der Waals surface area contributed by atoms with Crippen LogP contribution in [0.15, 0.2) is 0 Å². The monoisotopic (exact) mass is 228 g/mol. The van der Waals surface area contributed by atoms with E-state index in [9.17, 15) is 9.59 Å². The maximum Gasteiger partial charge on any atom is 0.304 e. The summed E-state index contributed by atoms with van der Waals surface area (Å²) in [4.78, 5) is 25.9. The molecule has 0 saturated carbocycles. The van der Waals surface area contributed by atoms with E-state index in [2.05, 4.69) is 4.90 Å². The van der Waals surface area contributed by atoms with Crippen molar-refractivity contribution in [3.63, 3.8) is 0 Å². The summed E-state index contributed by atoms with van der Waals surface area (Å²) in [5, 5.41) is 8.61. The summed E-state index contributed by atoms with van der Waals surface area (Å²) in [5.41, 5.74) is 0. The van der Waals surface area contributed by atoms with Gasteiger partial charge in [-0.2, -0.15) is 0 Å². The molecule has 0 aromatic rings. The SMILES string of the molecule is CN(C)C(=O)C1CCCN(CCC(=O)O)C1. The molecular weight excluding hydrogens is 208 g/mol. The Kier molecular flexibility index (Phi) is 4.73. The zero-order valence-corrected chi connectivity index (χ0v) is 9.98. The molecule has 0 radical (unpaired) electrons. The van der Waals surface area contributed by atoms with Crippen LogP contribution in [0.25, 0.3) is 0 Å². The molecule has 1 fully saturated rings. The molecule has 1 rings (SSSR count). The number of rotatable bonds is 4. The molecule has 1 amide bonds. The highest BCUT2D eigenvalue weighted by Crippen LogP contribution is 2.18. The third-order valence-corrected chi connectivity index (χ3v) is 2.94. The van der Waals surface area contributed by atoms with Crippen LogP contribution in [0.3, 0.4) is 0 Å². The van der Waals surface area contributed by atoms with Crippen molar-refractivity contribution in [2.75, 3.05) is 33.7 Å². The van der Waals surface area contributed by atoms with Crippen molar-refractivity contribution in [1.29, 1.82) is 0 Å². The largest absolute Gasteiger partial charge is 0.481 e. The van der Waals surface area contributed by atoms with Gasteiger partial charge in [0.05, 0.1) is 12.3 Å². The van der Waals surface area contributed by atoms with E-state index in [0.717, 1.165) is 19.4 Å². The number of carbonyl (C=O) groups excluding carboxylic acids is 1. The summed E-state index contributed by atoms with van der Waals surface area (Å²) in [6.07, 6.45) is 2.05. The van der Waals surface area contributed by atoms with Crippen molar-refractivity contribution in [3.8, 4) is 0 Å². The molecule has 0 spiro atoms. The maximum absolute atomic E-state index is 11.8. The van der Waals surface area contributed by atoms with E-state index in [1.807, 2.05) is 0 Å². The molecule has 0 bridgehead atoms. The van der Waals surface area contributed by atoms with Crippen molar-refractivity contribution >= 4 is 11.9 Å². The highest BCUT2D eigenvalue weighted by Gasteiger charge is 2.26. The first-order chi connectivity index (χ1) is 7.50. The Morgan fingerprint density at radius 1 is 1.44 bits per heavy atom. The fourth-order valence-electron chi connectivity index (χ4n) is 2.08. The van der Waals surface area contributed by atoms with Gasteiger partial charge in [0.2, 0.25) is 5.91 Å². The summed E-state index contributed by atoms with van der Waals surface area (Å²) >= 11 is 0. The van der Waals surface area contributed by atoms with E-state index < -0.39 is 5.97 Å². The van der Waals surface area contributed by atoms with Crippen LogP contribution in [0, 0.1) is 5.92 Å². The standard InChI is InChI=1S/C11H20N2O3/c1-12(2)11(16)9-4-3-6-13(8-9)7-5-10(14)15/h9H,3-8H2,1-2H3,(H,14,15). The molecule has 1 atom stereocenters. The molecule has 1 aliphatic rings. The number of carboxylic acids is 1. The maximum atomic E-state index is 11.8. The minimum Gasteiger partial charge on any atom is -0.481 e. The zero-order chi connectivity index (χ0) is 12.1. The topological polar surface area (TPSA) is 60.9 Å². The molecule has 1 aliphatic heterocycles. The number of carboxylic acid groups (broad SMARTS) is 1. The lowest BCUT2D eigenvalue weighted by Crippen LogP contribution is -2.43. The minimum atomic E-state index is -0.777. The molecule has 1 saturated heterocycles. The van der Waals surface area contributed by atoms with Crippen LogP contribution < -0.4 is 0 Å². The highest BCUT2D eigenvalue weighted by molar-refractivity contribution is 5.78. The molecule has 1 unspecified atom stereocenters. The zero-order valence-electron chi connectivity index (χ0n) is 9.98. The normalized spacial score (nSPS) is 21.8. The Balaban J connectivity index is 2.41. The fraction of sp³-hybridized carbons (Fsp3) is 0.818. The second kappa shape index (κ2) is 5.84. The van der Waals surface area contributed by atoms with Gasteiger partial charge in [0, 0.05) is 27.2 Å². The van der Waals surface area contributed by atoms with Crippen LogP contribution in [0.1, 0.15) is 19.3 Å². The second-order valence-electron chi connectivity index (χ2n) is 4.52. The number of hydrogen-bond donors (Lipinski definition) is 1. The van der Waals surface area contributed by atoms with Crippen molar-refractivity contribution in [1.82, 2.24) is 9.80 Å². The van der Waals surface area contributed by atoms with Crippen LogP contribution >= 0.6 is 0 Å². The van der Waals surface area contributed by atoms with E-state index in [1.165, 1.54) is 0 Å². The first-order valence-electron chi connectivity index (χ1n) is 5.66. The molecule has 0 aliphatic carbocycles. The van der Waals surface area contributed by atoms with Gasteiger partial charge >= 0.3 is 5.97 Å². The van der Waals surface area contributed by atoms with Crippen LogP contribution in [-0.2, 0) is 9.59 Å². The molecule has 0 aromatic carbocycles. The quantitative estimate of drug-likeness (QED) is 0.750. The average molecular weight is 228 g/mol. The third-order valence-electron chi connectivity index (χ3n) is 2.94. The Hall–Kier alpha value is -1.10. The number of amides is 1. The molecule has 5 nitrogen and oxygen atoms in total. The van der Waals surface area contributed by atoms with E-state index in [-0.39, 0.29) is 18.2 Å². The lowest BCUT2D eigenvalue weighted by molar-refractivity contribution is -0.137. The molecule has 92 valence electrons. The van der Waals surface area contributed by atoms with E-state index in [0.29, 0.717) is 13.1 Å². The number of likely N-dealkylation sites (tertiary alicyclic amines) is 1. The lowest BCUT2D eigenvalue weighted by Gasteiger charge is -2.32. The van der Waals surface area contributed by atoms with Crippen LogP contribution in [-0.4, -0.2) is 60.5 Å². The van der Waals surface area contributed by atoms with E-state index >= 15 is 0 Å². The Labute approximate surface area is 96.0 Å². The lowest BCUT2D eigenvalue weighted by atomic mass is 9.96. The van der Waals surface area contributed by atoms with Gasteiger partial charge in [0.25, 0.3) is 0 Å². The summed E-state index contributed by atoms with van der Waals surface area (Å²) in [7, 11) is 3.52. The number of piperidine rings is 1. The average Bonchev–Trinajstić information content (AvgIpc) is 2.25. The second-order valence-corrected chi connectivity index (χ2v) is 4.52. The van der Waals surface area contributed by atoms with Gasteiger partial charge in [-0.1, -0.05) is 0 Å². The summed E-state index contributed by atoms with van der Waals surface area (Å²) in [6, 6.07) is 0. The van der Waals surface area contributed by atoms with Gasteiger partial charge in [0.1, 0.15) is 0 Å². The molecule has 1 heterocycles. The first-order valence-corrected chi connectivity index (χ1v) is 5.66. The van der Waals surface area contributed by atoms with Crippen molar-refractivity contribution < 1.29 is 14.7 Å². The van der Waals surface area contributed by atoms with Gasteiger partial charge < -0.3 is 14.9 Å². The number of hydrogen-bond acceptors (Lipinski definition) is 3. The molecular formula is C11H20N2O3. The molecule has 1 N–H and O–H groups in total. The van der Waals surface area contributed by atoms with E-state index in [4.69, 9.17) is 5.11 Å². The predicted molar refractivity (Wildman–Crippen MR) is 60.1 cm³/mol. The van der Waals surface area contributed by atoms with Crippen LogP contribution in [0.5, 0.6) is 0 Å². The number of carbonyl (C=O) groups is 2. The van der Waals surface area contributed by atoms with Crippen molar-refractivity contribution in [3.05, 3.63) is 0 Å². The Morgan fingerprint density at radius 2 is 2.12 bits per heavy atom. The summed E-state index contributed by atoms with van der Waals surface area (Å²) in [6.45, 7) is 2.15. The van der Waals surface area contributed by atoms with Crippen molar-refractivity contribution in [2.45, 2.75) is 19.3 Å². The van der Waals surface area contributed by atoms with Crippen molar-refractivity contribution in [2.24, 2.45) is 5.92 Å². The smallest absolute Gasteiger partial charge is 0.304 e. The molecule has 0 aromatic heterocycles. The number of aliphatic carboxylic acids is 1. The highest BCUT2D eigenvalue weighted by atomic mass is 16.4. The summed E-state index contributed by atoms with van der Waals surface area (Å²) < 4.78 is 0. The molecule has 5 heteroatoms. The Morgan fingerprint density at radius 3 is 2.69 bits per heavy atom. The summed E-state index contributed by atoms with van der Waals surface area (Å²) in [5.74, 6) is -0.585. The van der Waals surface area contributed by atoms with Crippen LogP contribution in [0.4, 0.5) is 0 Å². The fourth-order valence-corrected chi connectivity index (χ4v) is 2.08. The van der Waals surface area contributed by atoms with Crippen LogP contribution in [0.2, 0.25) is 0 Å². The minimum absolute atomic E-state index is 0.0394. The molecule has 16 heavy (non-hydrogen) atoms. The van der Waals surface area contributed by atoms with Gasteiger partial charge in [-0.05, 0) is 19.4 Å². The first kappa shape index (κ1) is 13.0. The van der Waals surface area contributed by atoms with Gasteiger partial charge in [-0.25, -0.2) is 0 Å². The van der Waals surface area contributed by atoms with Gasteiger partial charge in [-0.3, -0.25) is 9.59 Å². The van der Waals surface area contributed by atoms with Gasteiger partial charge in [-0.15, -0.1) is 0 Å². The third kappa shape index (κ3) is 3.81. The Bertz CT molecular complexity index is 266. The number of nitrogens with zero attached hydrogens (tertiary/aromatic N) is 2. The van der Waals surface area contributed by atoms with Gasteiger partial charge in [0.15, 0.2) is 0 Å². The van der Waals surface area contributed by atoms with E-state index in [1.54, 1.807) is 19.0 Å². The predicted octanol–water partition coefficient (Wildman–Crippen LogP) is 0.261.